The number of nitrogens with one attached hydrogen (secondary N) is 1. The second-order valence-corrected chi connectivity index (χ2v) is 7.04. The molecule has 3 atom stereocenters. The quantitative estimate of drug-likeness (QED) is 0.825. The smallest absolute Gasteiger partial charge is 0.240 e. The highest BCUT2D eigenvalue weighted by Gasteiger charge is 2.44. The molecule has 2 aliphatic rings. The van der Waals surface area contributed by atoms with E-state index in [1.807, 2.05) is 0 Å². The van der Waals surface area contributed by atoms with Crippen LogP contribution in [0.2, 0.25) is 0 Å². The summed E-state index contributed by atoms with van der Waals surface area (Å²) in [6.45, 7) is 8.85. The van der Waals surface area contributed by atoms with Crippen LogP contribution >= 0.6 is 0 Å². The predicted octanol–water partition coefficient (Wildman–Crippen LogP) is 1.74. The van der Waals surface area contributed by atoms with Gasteiger partial charge in [0.25, 0.3) is 0 Å². The van der Waals surface area contributed by atoms with Crippen molar-refractivity contribution in [2.75, 3.05) is 19.6 Å². The van der Waals surface area contributed by atoms with Gasteiger partial charge in [0.2, 0.25) is 5.91 Å². The monoisotopic (exact) mass is 281 g/mol. The highest BCUT2D eigenvalue weighted by atomic mass is 16.2. The van der Waals surface area contributed by atoms with Crippen molar-refractivity contribution in [1.82, 2.24) is 10.2 Å². The van der Waals surface area contributed by atoms with Crippen LogP contribution in [0.5, 0.6) is 0 Å². The molecule has 4 heteroatoms. The van der Waals surface area contributed by atoms with Gasteiger partial charge >= 0.3 is 0 Å². The van der Waals surface area contributed by atoms with Crippen LogP contribution in [0, 0.1) is 11.8 Å². The summed E-state index contributed by atoms with van der Waals surface area (Å²) in [6, 6.07) is 0.478. The van der Waals surface area contributed by atoms with E-state index in [1.54, 1.807) is 0 Å². The average molecular weight is 281 g/mol. The minimum Gasteiger partial charge on any atom is -0.353 e. The summed E-state index contributed by atoms with van der Waals surface area (Å²) in [5.74, 6) is 1.53. The average Bonchev–Trinajstić information content (AvgIpc) is 2.42. The predicted molar refractivity (Wildman–Crippen MR) is 82.4 cm³/mol. The topological polar surface area (TPSA) is 58.4 Å². The van der Waals surface area contributed by atoms with Crippen molar-refractivity contribution >= 4 is 5.91 Å². The van der Waals surface area contributed by atoms with E-state index in [0.717, 1.165) is 25.6 Å². The minimum absolute atomic E-state index is 0.164. The fourth-order valence-electron chi connectivity index (χ4n) is 4.12. The lowest BCUT2D eigenvalue weighted by atomic mass is 9.74. The molecule has 1 heterocycles. The first kappa shape index (κ1) is 15.8. The van der Waals surface area contributed by atoms with Gasteiger partial charge in [0.15, 0.2) is 0 Å². The van der Waals surface area contributed by atoms with Crippen LogP contribution in [-0.2, 0) is 4.79 Å². The van der Waals surface area contributed by atoms with Gasteiger partial charge in [-0.1, -0.05) is 26.2 Å². The van der Waals surface area contributed by atoms with Crippen LogP contribution in [0.1, 0.15) is 52.9 Å². The zero-order valence-corrected chi connectivity index (χ0v) is 13.3. The Morgan fingerprint density at radius 3 is 2.80 bits per heavy atom. The van der Waals surface area contributed by atoms with Crippen molar-refractivity contribution in [2.24, 2.45) is 17.6 Å². The third kappa shape index (κ3) is 3.01. The van der Waals surface area contributed by atoms with Gasteiger partial charge in [0.05, 0.1) is 5.54 Å². The number of piperazine rings is 1. The maximum Gasteiger partial charge on any atom is 0.240 e. The van der Waals surface area contributed by atoms with Crippen LogP contribution < -0.4 is 11.1 Å². The van der Waals surface area contributed by atoms with Gasteiger partial charge in [0.1, 0.15) is 0 Å². The summed E-state index contributed by atoms with van der Waals surface area (Å²) < 4.78 is 0. The molecule has 0 aromatic carbocycles. The lowest BCUT2D eigenvalue weighted by Gasteiger charge is -2.50. The zero-order chi connectivity index (χ0) is 14.8. The van der Waals surface area contributed by atoms with Crippen LogP contribution in [0.25, 0.3) is 0 Å². The van der Waals surface area contributed by atoms with E-state index >= 15 is 0 Å². The van der Waals surface area contributed by atoms with Crippen molar-refractivity contribution in [3.05, 3.63) is 0 Å². The van der Waals surface area contributed by atoms with Crippen molar-refractivity contribution in [3.8, 4) is 0 Å². The molecule has 1 saturated heterocycles. The molecular formula is C16H31N3O. The molecule has 1 aliphatic heterocycles. The molecule has 20 heavy (non-hydrogen) atoms. The summed E-state index contributed by atoms with van der Waals surface area (Å²) in [4.78, 5) is 14.6. The van der Waals surface area contributed by atoms with E-state index in [4.69, 9.17) is 5.73 Å². The molecule has 2 fully saturated rings. The SMILES string of the molecule is CCCC1CCC(CN)C(N2CCNC(=O)C2(C)C)C1. The van der Waals surface area contributed by atoms with Crippen molar-refractivity contribution < 1.29 is 4.79 Å². The summed E-state index contributed by atoms with van der Waals surface area (Å²) >= 11 is 0. The molecule has 3 unspecified atom stereocenters. The zero-order valence-electron chi connectivity index (χ0n) is 13.3. The van der Waals surface area contributed by atoms with Crippen molar-refractivity contribution in [1.29, 1.82) is 0 Å². The van der Waals surface area contributed by atoms with E-state index in [-0.39, 0.29) is 5.91 Å². The number of rotatable bonds is 4. The van der Waals surface area contributed by atoms with Crippen molar-refractivity contribution in [3.63, 3.8) is 0 Å². The Morgan fingerprint density at radius 2 is 2.15 bits per heavy atom. The molecule has 0 bridgehead atoms. The molecule has 1 amide bonds. The van der Waals surface area contributed by atoms with Gasteiger partial charge in [0, 0.05) is 19.1 Å². The third-order valence-electron chi connectivity index (χ3n) is 5.38. The molecule has 3 N–H and O–H groups in total. The van der Waals surface area contributed by atoms with Crippen LogP contribution in [0.15, 0.2) is 0 Å². The molecule has 0 aromatic heterocycles. The third-order valence-corrected chi connectivity index (χ3v) is 5.38. The lowest BCUT2D eigenvalue weighted by molar-refractivity contribution is -0.139. The Bertz CT molecular complexity index is 343. The standard InChI is InChI=1S/C16H31N3O/c1-4-5-12-6-7-13(11-17)14(10-12)19-9-8-18-15(20)16(19,2)3/h12-14H,4-11,17H2,1-3H3,(H,18,20). The van der Waals surface area contributed by atoms with E-state index in [2.05, 4.69) is 31.0 Å². The molecule has 0 radical (unpaired) electrons. The lowest BCUT2D eigenvalue weighted by Crippen LogP contribution is -2.66. The second-order valence-electron chi connectivity index (χ2n) is 7.04. The summed E-state index contributed by atoms with van der Waals surface area (Å²) in [5.41, 5.74) is 5.62. The number of nitrogens with two attached hydrogens (primary N) is 1. The Hall–Kier alpha value is -0.610. The van der Waals surface area contributed by atoms with E-state index in [1.165, 1.54) is 32.1 Å². The van der Waals surface area contributed by atoms with Crippen LogP contribution in [0.4, 0.5) is 0 Å². The van der Waals surface area contributed by atoms with E-state index in [0.29, 0.717) is 12.0 Å². The summed E-state index contributed by atoms with van der Waals surface area (Å²) in [5, 5.41) is 3.00. The molecular weight excluding hydrogens is 250 g/mol. The first-order chi connectivity index (χ1) is 9.50. The first-order valence-corrected chi connectivity index (χ1v) is 8.25. The fourth-order valence-corrected chi connectivity index (χ4v) is 4.12. The Balaban J connectivity index is 2.15. The normalized spacial score (nSPS) is 34.8. The number of amides is 1. The molecule has 2 rings (SSSR count). The number of carbonyl (C=O) groups is 1. The molecule has 4 nitrogen and oxygen atoms in total. The molecule has 1 saturated carbocycles. The van der Waals surface area contributed by atoms with Gasteiger partial charge in [-0.25, -0.2) is 0 Å². The maximum absolute atomic E-state index is 12.2. The van der Waals surface area contributed by atoms with Crippen LogP contribution in [-0.4, -0.2) is 42.0 Å². The first-order valence-electron chi connectivity index (χ1n) is 8.25. The highest BCUT2D eigenvalue weighted by molar-refractivity contribution is 5.86. The van der Waals surface area contributed by atoms with Gasteiger partial charge < -0.3 is 11.1 Å². The highest BCUT2D eigenvalue weighted by Crippen LogP contribution is 2.37. The summed E-state index contributed by atoms with van der Waals surface area (Å²) in [6.07, 6.45) is 6.32. The van der Waals surface area contributed by atoms with Crippen molar-refractivity contribution in [2.45, 2.75) is 64.5 Å². The van der Waals surface area contributed by atoms with Gasteiger partial charge in [-0.05, 0) is 45.1 Å². The molecule has 116 valence electrons. The van der Waals surface area contributed by atoms with Gasteiger partial charge in [-0.15, -0.1) is 0 Å². The Kier molecular flexibility index (Phi) is 5.08. The number of hydrogen-bond donors (Lipinski definition) is 2. The van der Waals surface area contributed by atoms with Gasteiger partial charge in [-0.3, -0.25) is 9.69 Å². The number of carbonyl (C=O) groups excluding carboxylic acids is 1. The second kappa shape index (κ2) is 6.44. The van der Waals surface area contributed by atoms with E-state index in [9.17, 15) is 4.79 Å². The fraction of sp³-hybridized carbons (Fsp3) is 0.938. The van der Waals surface area contributed by atoms with Crippen LogP contribution in [0.3, 0.4) is 0 Å². The minimum atomic E-state index is -0.398. The Labute approximate surface area is 123 Å². The molecule has 1 aliphatic carbocycles. The largest absolute Gasteiger partial charge is 0.353 e. The Morgan fingerprint density at radius 1 is 1.40 bits per heavy atom. The van der Waals surface area contributed by atoms with E-state index < -0.39 is 5.54 Å². The van der Waals surface area contributed by atoms with Gasteiger partial charge in [-0.2, -0.15) is 0 Å². The number of nitrogens with zero attached hydrogens (tertiary/aromatic N) is 1. The molecule has 0 aromatic rings. The molecule has 0 spiro atoms. The number of hydrogen-bond acceptors (Lipinski definition) is 3. The maximum atomic E-state index is 12.2. The summed E-state index contributed by atoms with van der Waals surface area (Å²) in [7, 11) is 0.